The Labute approximate surface area is 173 Å². The van der Waals surface area contributed by atoms with Gasteiger partial charge in [0.15, 0.2) is 6.54 Å². The van der Waals surface area contributed by atoms with Gasteiger partial charge in [0.05, 0.1) is 4.88 Å². The van der Waals surface area contributed by atoms with Crippen LogP contribution in [0.25, 0.3) is 11.4 Å². The van der Waals surface area contributed by atoms with Crippen LogP contribution >= 0.6 is 22.9 Å². The highest BCUT2D eigenvalue weighted by Crippen LogP contribution is 2.24. The first-order valence-electron chi connectivity index (χ1n) is 9.27. The first-order chi connectivity index (χ1) is 13.7. The van der Waals surface area contributed by atoms with Crippen LogP contribution < -0.4 is 5.32 Å². The molecule has 4 rings (SSSR count). The third-order valence-corrected chi connectivity index (χ3v) is 5.90. The van der Waals surface area contributed by atoms with Crippen LogP contribution in [0.2, 0.25) is 5.02 Å². The maximum absolute atomic E-state index is 5.95. The second-order valence-corrected chi connectivity index (χ2v) is 7.96. The van der Waals surface area contributed by atoms with Crippen LogP contribution in [0, 0.1) is 0 Å². The van der Waals surface area contributed by atoms with Gasteiger partial charge in [-0.2, -0.15) is 4.98 Å². The molecule has 6 heteroatoms. The number of nitrogens with two attached hydrogens (primary N) is 1. The van der Waals surface area contributed by atoms with Gasteiger partial charge in [-0.15, -0.1) is 11.3 Å². The van der Waals surface area contributed by atoms with E-state index in [0.717, 1.165) is 12.0 Å². The number of halogens is 1. The fourth-order valence-electron chi connectivity index (χ4n) is 3.12. The lowest BCUT2D eigenvalue weighted by molar-refractivity contribution is -0.704. The van der Waals surface area contributed by atoms with Gasteiger partial charge in [-0.05, 0) is 47.7 Å². The normalized spacial score (nSPS) is 12.2. The van der Waals surface area contributed by atoms with E-state index in [2.05, 4.69) is 64.2 Å². The molecule has 142 valence electrons. The summed E-state index contributed by atoms with van der Waals surface area (Å²) in [7, 11) is 0. The van der Waals surface area contributed by atoms with Crippen molar-refractivity contribution in [2.24, 2.45) is 0 Å². The minimum atomic E-state index is 0.205. The molecule has 0 aliphatic heterocycles. The van der Waals surface area contributed by atoms with E-state index in [-0.39, 0.29) is 6.04 Å². The monoisotopic (exact) mass is 410 g/mol. The van der Waals surface area contributed by atoms with E-state index in [1.807, 2.05) is 24.3 Å². The fourth-order valence-corrected chi connectivity index (χ4v) is 4.09. The van der Waals surface area contributed by atoms with Crippen LogP contribution in [0.1, 0.15) is 34.9 Å². The average Bonchev–Trinajstić information content (AvgIpc) is 3.42. The molecule has 4 nitrogen and oxygen atoms in total. The van der Waals surface area contributed by atoms with Gasteiger partial charge in [0.2, 0.25) is 5.82 Å². The Balaban J connectivity index is 1.51. The van der Waals surface area contributed by atoms with Gasteiger partial charge >= 0.3 is 0 Å². The largest absolute Gasteiger partial charge is 0.333 e. The van der Waals surface area contributed by atoms with Gasteiger partial charge in [-0.3, -0.25) is 0 Å². The van der Waals surface area contributed by atoms with Crippen molar-refractivity contribution in [3.63, 3.8) is 0 Å². The molecule has 28 heavy (non-hydrogen) atoms. The van der Waals surface area contributed by atoms with Crippen molar-refractivity contribution < 1.29 is 9.84 Å². The Morgan fingerprint density at radius 3 is 2.54 bits per heavy atom. The van der Waals surface area contributed by atoms with E-state index in [1.54, 1.807) is 11.3 Å². The van der Waals surface area contributed by atoms with Gasteiger partial charge in [0.25, 0.3) is 5.89 Å². The molecule has 2 N–H and O–H groups in total. The Morgan fingerprint density at radius 1 is 1.07 bits per heavy atom. The van der Waals surface area contributed by atoms with Crippen LogP contribution in [0.5, 0.6) is 0 Å². The number of hydrogen-bond donors (Lipinski definition) is 1. The summed E-state index contributed by atoms with van der Waals surface area (Å²) in [6, 6.07) is 20.7. The zero-order chi connectivity index (χ0) is 19.3. The summed E-state index contributed by atoms with van der Waals surface area (Å²) in [5.41, 5.74) is 3.51. The second kappa shape index (κ2) is 8.69. The maximum atomic E-state index is 5.95. The zero-order valence-corrected chi connectivity index (χ0v) is 17.1. The molecule has 0 unspecified atom stereocenters. The average molecular weight is 411 g/mol. The smallest absolute Gasteiger partial charge is 0.282 e. The van der Waals surface area contributed by atoms with Crippen LogP contribution in [-0.4, -0.2) is 10.1 Å². The quantitative estimate of drug-likeness (QED) is 0.473. The van der Waals surface area contributed by atoms with Crippen molar-refractivity contribution in [1.82, 2.24) is 10.1 Å². The number of hydrogen-bond acceptors (Lipinski definition) is 4. The summed E-state index contributed by atoms with van der Waals surface area (Å²) in [6.45, 7) is 2.78. The van der Waals surface area contributed by atoms with Crippen LogP contribution in [0.4, 0.5) is 0 Å². The third-order valence-electron chi connectivity index (χ3n) is 4.70. The van der Waals surface area contributed by atoms with Crippen molar-refractivity contribution >= 4 is 22.9 Å². The third kappa shape index (κ3) is 4.33. The van der Waals surface area contributed by atoms with Crippen LogP contribution in [-0.2, 0) is 13.0 Å². The maximum Gasteiger partial charge on any atom is 0.282 e. The topological polar surface area (TPSA) is 55.5 Å². The Hall–Kier alpha value is -2.47. The van der Waals surface area contributed by atoms with E-state index < -0.39 is 0 Å². The van der Waals surface area contributed by atoms with Crippen molar-refractivity contribution in [2.75, 3.05) is 0 Å². The van der Waals surface area contributed by atoms with Gasteiger partial charge in [0, 0.05) is 16.1 Å². The summed E-state index contributed by atoms with van der Waals surface area (Å²) < 4.78 is 5.47. The number of quaternary nitrogens is 1. The van der Waals surface area contributed by atoms with Crippen LogP contribution in [0.3, 0.4) is 0 Å². The molecule has 0 radical (unpaired) electrons. The molecule has 0 aliphatic rings. The number of rotatable bonds is 7. The van der Waals surface area contributed by atoms with Crippen molar-refractivity contribution in [1.29, 1.82) is 0 Å². The highest BCUT2D eigenvalue weighted by Gasteiger charge is 2.20. The Bertz CT molecular complexity index is 1010. The summed E-state index contributed by atoms with van der Waals surface area (Å²) in [5, 5.41) is 9.15. The molecule has 0 amide bonds. The number of nitrogens with zero attached hydrogens (tertiary/aromatic N) is 2. The molecule has 0 aliphatic carbocycles. The predicted molar refractivity (Wildman–Crippen MR) is 112 cm³/mol. The van der Waals surface area contributed by atoms with Gasteiger partial charge in [-0.25, -0.2) is 0 Å². The molecule has 0 spiro atoms. The van der Waals surface area contributed by atoms with Crippen LogP contribution in [0.15, 0.2) is 70.6 Å². The SMILES string of the molecule is CCc1ccc([C@H]([NH2+]Cc2nc(-c3ccc(Cl)cc3)no2)c2cccs2)cc1. The first-order valence-corrected chi connectivity index (χ1v) is 10.5. The first kappa shape index (κ1) is 18.9. The van der Waals surface area contributed by atoms with Crippen molar-refractivity contribution in [2.45, 2.75) is 25.9 Å². The van der Waals surface area contributed by atoms with Gasteiger partial charge in [0.1, 0.15) is 6.04 Å². The Morgan fingerprint density at radius 2 is 1.86 bits per heavy atom. The highest BCUT2D eigenvalue weighted by atomic mass is 35.5. The highest BCUT2D eigenvalue weighted by molar-refractivity contribution is 7.10. The van der Waals surface area contributed by atoms with E-state index in [4.69, 9.17) is 16.1 Å². The lowest BCUT2D eigenvalue weighted by atomic mass is 10.0. The van der Waals surface area contributed by atoms with E-state index in [0.29, 0.717) is 23.3 Å². The lowest BCUT2D eigenvalue weighted by Gasteiger charge is -2.14. The van der Waals surface area contributed by atoms with E-state index >= 15 is 0 Å². The predicted octanol–water partition coefficient (Wildman–Crippen LogP) is 4.87. The number of benzene rings is 2. The summed E-state index contributed by atoms with van der Waals surface area (Å²) in [4.78, 5) is 5.84. The summed E-state index contributed by atoms with van der Waals surface area (Å²) in [5.74, 6) is 1.19. The molecule has 1 atom stereocenters. The molecule has 0 saturated carbocycles. The molecule has 2 aromatic carbocycles. The molecular weight excluding hydrogens is 390 g/mol. The standard InChI is InChI=1S/C22H20ClN3OS/c1-2-15-5-7-16(8-6-15)21(19-4-3-13-28-19)24-14-20-25-22(26-27-20)17-9-11-18(23)12-10-17/h3-13,21,24H,2,14H2,1H3/p+1/t21-/m0/s1. The fraction of sp³-hybridized carbons (Fsp3) is 0.182. The minimum absolute atomic E-state index is 0.205. The molecular formula is C22H21ClN3OS+. The zero-order valence-electron chi connectivity index (χ0n) is 15.5. The van der Waals surface area contributed by atoms with Gasteiger partial charge in [-0.1, -0.05) is 54.0 Å². The molecule has 0 fully saturated rings. The minimum Gasteiger partial charge on any atom is -0.333 e. The lowest BCUT2D eigenvalue weighted by Crippen LogP contribution is -2.83. The number of aryl methyl sites for hydroxylation is 1. The molecule has 2 heterocycles. The van der Waals surface area contributed by atoms with Gasteiger partial charge < -0.3 is 9.84 Å². The van der Waals surface area contributed by atoms with Crippen molar-refractivity contribution in [3.8, 4) is 11.4 Å². The summed E-state index contributed by atoms with van der Waals surface area (Å²) >= 11 is 7.71. The number of thiophene rings is 1. The summed E-state index contributed by atoms with van der Waals surface area (Å²) in [6.07, 6.45) is 1.04. The molecule has 0 bridgehead atoms. The molecule has 0 saturated heterocycles. The molecule has 4 aromatic rings. The van der Waals surface area contributed by atoms with E-state index in [1.165, 1.54) is 16.0 Å². The Kier molecular flexibility index (Phi) is 5.86. The second-order valence-electron chi connectivity index (χ2n) is 6.55. The number of aromatic nitrogens is 2. The van der Waals surface area contributed by atoms with Crippen molar-refractivity contribution in [3.05, 3.63) is 93.0 Å². The van der Waals surface area contributed by atoms with E-state index in [9.17, 15) is 0 Å². The molecule has 2 aromatic heterocycles.